The molecule has 0 aliphatic heterocycles. The van der Waals surface area contributed by atoms with E-state index in [4.69, 9.17) is 4.42 Å². The van der Waals surface area contributed by atoms with Crippen LogP contribution in [0.3, 0.4) is 0 Å². The van der Waals surface area contributed by atoms with Crippen molar-refractivity contribution in [2.75, 3.05) is 0 Å². The Labute approximate surface area is 63.4 Å². The Morgan fingerprint density at radius 1 is 1.27 bits per heavy atom. The maximum Gasteiger partial charge on any atom is 0.233 e. The first-order valence-electron chi connectivity index (χ1n) is 3.25. The zero-order valence-electron chi connectivity index (χ0n) is 5.70. The summed E-state index contributed by atoms with van der Waals surface area (Å²) in [5.74, 6) is 0. The van der Waals surface area contributed by atoms with Gasteiger partial charge in [-0.1, -0.05) is 12.1 Å². The molecule has 0 saturated heterocycles. The van der Waals surface area contributed by atoms with Crippen molar-refractivity contribution in [1.29, 1.82) is 0 Å². The van der Waals surface area contributed by atoms with Crippen molar-refractivity contribution in [3.8, 4) is 0 Å². The maximum atomic E-state index is 10.2. The lowest BCUT2D eigenvalue weighted by Gasteiger charge is -1.87. The standard InChI is InChI=1S/C9H5O2/c10-6-7-1-2-8-3-4-11-9(8)5-7/h1-5H. The van der Waals surface area contributed by atoms with Gasteiger partial charge in [-0.3, -0.25) is 4.79 Å². The van der Waals surface area contributed by atoms with Crippen LogP contribution in [0.4, 0.5) is 0 Å². The summed E-state index contributed by atoms with van der Waals surface area (Å²) in [7, 11) is 0. The van der Waals surface area contributed by atoms with Crippen molar-refractivity contribution in [1.82, 2.24) is 0 Å². The highest BCUT2D eigenvalue weighted by Crippen LogP contribution is 2.15. The molecule has 0 bridgehead atoms. The van der Waals surface area contributed by atoms with Gasteiger partial charge in [0.15, 0.2) is 0 Å². The van der Waals surface area contributed by atoms with Crippen LogP contribution in [0.1, 0.15) is 5.56 Å². The van der Waals surface area contributed by atoms with Crippen molar-refractivity contribution in [2.45, 2.75) is 0 Å². The second-order valence-corrected chi connectivity index (χ2v) is 2.28. The molecule has 0 atom stereocenters. The Morgan fingerprint density at radius 3 is 3.00 bits per heavy atom. The molecule has 53 valence electrons. The number of fused-ring (bicyclic) bond motifs is 1. The lowest BCUT2D eigenvalue weighted by molar-refractivity contribution is 0.562. The van der Waals surface area contributed by atoms with Crippen molar-refractivity contribution in [2.24, 2.45) is 0 Å². The summed E-state index contributed by atoms with van der Waals surface area (Å²) >= 11 is 0. The first-order valence-corrected chi connectivity index (χ1v) is 3.25. The minimum absolute atomic E-state index is 0.521. The van der Waals surface area contributed by atoms with Gasteiger partial charge in [0.1, 0.15) is 5.58 Å². The third kappa shape index (κ3) is 0.923. The smallest absolute Gasteiger partial charge is 0.233 e. The topological polar surface area (TPSA) is 30.2 Å². The normalized spacial score (nSPS) is 10.2. The first-order chi connectivity index (χ1) is 5.40. The fourth-order valence-electron chi connectivity index (χ4n) is 1.02. The van der Waals surface area contributed by atoms with Crippen LogP contribution in [-0.4, -0.2) is 6.29 Å². The van der Waals surface area contributed by atoms with Crippen molar-refractivity contribution < 1.29 is 9.21 Å². The van der Waals surface area contributed by atoms with Gasteiger partial charge in [-0.25, -0.2) is 0 Å². The second-order valence-electron chi connectivity index (χ2n) is 2.28. The highest BCUT2D eigenvalue weighted by atomic mass is 16.3. The minimum atomic E-state index is 0.521. The summed E-state index contributed by atoms with van der Waals surface area (Å²) in [6.07, 6.45) is 3.40. The average Bonchev–Trinajstić information content (AvgIpc) is 2.50. The molecule has 0 aliphatic carbocycles. The predicted molar refractivity (Wildman–Crippen MR) is 41.0 cm³/mol. The van der Waals surface area contributed by atoms with Crippen LogP contribution in [0.25, 0.3) is 11.0 Å². The molecule has 0 N–H and O–H groups in total. The Morgan fingerprint density at radius 2 is 2.18 bits per heavy atom. The van der Waals surface area contributed by atoms with E-state index in [1.807, 2.05) is 12.1 Å². The summed E-state index contributed by atoms with van der Waals surface area (Å²) in [4.78, 5) is 10.2. The van der Waals surface area contributed by atoms with Gasteiger partial charge in [0.25, 0.3) is 0 Å². The number of carbonyl (C=O) groups excluding carboxylic acids is 1. The quantitative estimate of drug-likeness (QED) is 0.613. The molecule has 0 amide bonds. The Balaban J connectivity index is 2.76. The summed E-state index contributed by atoms with van der Waals surface area (Å²) in [6, 6.07) is 7.07. The van der Waals surface area contributed by atoms with E-state index in [1.165, 1.54) is 0 Å². The predicted octanol–water partition coefficient (Wildman–Crippen LogP) is 1.89. The molecular weight excluding hydrogens is 140 g/mol. The van der Waals surface area contributed by atoms with Gasteiger partial charge < -0.3 is 4.42 Å². The molecular formula is C9H5O2. The lowest BCUT2D eigenvalue weighted by atomic mass is 10.2. The Kier molecular flexibility index (Phi) is 1.25. The number of furan rings is 1. The van der Waals surface area contributed by atoms with Gasteiger partial charge in [-0.15, -0.1) is 0 Å². The number of hydrogen-bond donors (Lipinski definition) is 0. The van der Waals surface area contributed by atoms with Crippen LogP contribution < -0.4 is 0 Å². The van der Waals surface area contributed by atoms with Gasteiger partial charge in [0.05, 0.1) is 6.26 Å². The van der Waals surface area contributed by atoms with E-state index in [0.717, 1.165) is 11.0 Å². The van der Waals surface area contributed by atoms with Gasteiger partial charge in [-0.2, -0.15) is 0 Å². The lowest BCUT2D eigenvalue weighted by Crippen LogP contribution is -1.76. The van der Waals surface area contributed by atoms with E-state index >= 15 is 0 Å². The highest BCUT2D eigenvalue weighted by Gasteiger charge is 1.97. The molecule has 0 fully saturated rings. The third-order valence-corrected chi connectivity index (χ3v) is 1.57. The molecule has 0 saturated carbocycles. The van der Waals surface area contributed by atoms with Crippen LogP contribution in [0.5, 0.6) is 0 Å². The van der Waals surface area contributed by atoms with Crippen LogP contribution in [0.2, 0.25) is 0 Å². The van der Waals surface area contributed by atoms with Crippen LogP contribution in [-0.2, 0) is 4.79 Å². The fourth-order valence-corrected chi connectivity index (χ4v) is 1.02. The largest absolute Gasteiger partial charge is 0.464 e. The van der Waals surface area contributed by atoms with Gasteiger partial charge >= 0.3 is 0 Å². The van der Waals surface area contributed by atoms with Crippen molar-refractivity contribution in [3.63, 3.8) is 0 Å². The van der Waals surface area contributed by atoms with Gasteiger partial charge in [-0.05, 0) is 12.1 Å². The van der Waals surface area contributed by atoms with E-state index in [0.29, 0.717) is 5.56 Å². The minimum Gasteiger partial charge on any atom is -0.464 e. The van der Waals surface area contributed by atoms with E-state index in [1.54, 1.807) is 24.7 Å². The second kappa shape index (κ2) is 2.23. The van der Waals surface area contributed by atoms with E-state index in [9.17, 15) is 4.79 Å². The van der Waals surface area contributed by atoms with Crippen LogP contribution in [0.15, 0.2) is 34.9 Å². The summed E-state index contributed by atoms with van der Waals surface area (Å²) < 4.78 is 5.08. The molecule has 2 nitrogen and oxygen atoms in total. The molecule has 1 radical (unpaired) electrons. The van der Waals surface area contributed by atoms with Crippen molar-refractivity contribution >= 4 is 17.3 Å². The summed E-state index contributed by atoms with van der Waals surface area (Å²) in [5, 5.41) is 1.00. The highest BCUT2D eigenvalue weighted by molar-refractivity contribution is 5.85. The molecule has 0 spiro atoms. The Bertz CT molecular complexity index is 387. The monoisotopic (exact) mass is 145 g/mol. The average molecular weight is 145 g/mol. The molecule has 1 aromatic heterocycles. The zero-order valence-corrected chi connectivity index (χ0v) is 5.70. The molecule has 2 aromatic rings. The maximum absolute atomic E-state index is 10.2. The number of hydrogen-bond acceptors (Lipinski definition) is 2. The first kappa shape index (κ1) is 6.16. The third-order valence-electron chi connectivity index (χ3n) is 1.57. The van der Waals surface area contributed by atoms with E-state index in [-0.39, 0.29) is 0 Å². The van der Waals surface area contributed by atoms with Crippen LogP contribution in [0, 0.1) is 0 Å². The number of rotatable bonds is 1. The summed E-state index contributed by atoms with van der Waals surface area (Å²) in [5.41, 5.74) is 1.25. The van der Waals surface area contributed by atoms with E-state index in [2.05, 4.69) is 0 Å². The van der Waals surface area contributed by atoms with Gasteiger partial charge in [0.2, 0.25) is 6.29 Å². The molecule has 0 unspecified atom stereocenters. The van der Waals surface area contributed by atoms with E-state index < -0.39 is 0 Å². The summed E-state index contributed by atoms with van der Waals surface area (Å²) in [6.45, 7) is 0. The zero-order chi connectivity index (χ0) is 7.68. The molecule has 1 aromatic carbocycles. The molecule has 2 heteroatoms. The molecule has 0 aliphatic rings. The molecule has 11 heavy (non-hydrogen) atoms. The SMILES string of the molecule is O=[C]c1ccc2ccoc2c1. The van der Waals surface area contributed by atoms with Crippen molar-refractivity contribution in [3.05, 3.63) is 36.1 Å². The van der Waals surface area contributed by atoms with Crippen LogP contribution >= 0.6 is 0 Å². The van der Waals surface area contributed by atoms with Gasteiger partial charge in [0, 0.05) is 10.9 Å². The Hall–Kier alpha value is -1.57. The number of benzene rings is 1. The molecule has 1 heterocycles. The fraction of sp³-hybridized carbons (Fsp3) is 0. The molecule has 2 rings (SSSR count).